The Morgan fingerprint density at radius 1 is 1.25 bits per heavy atom. The third kappa shape index (κ3) is 2.98. The molecule has 0 fully saturated rings. The second-order valence-electron chi connectivity index (χ2n) is 3.99. The Morgan fingerprint density at radius 2 is 2.00 bits per heavy atom. The van der Waals surface area contributed by atoms with Crippen LogP contribution in [0.3, 0.4) is 0 Å². The van der Waals surface area contributed by atoms with Crippen molar-refractivity contribution in [3.63, 3.8) is 0 Å². The van der Waals surface area contributed by atoms with Gasteiger partial charge in [-0.2, -0.15) is 13.2 Å². The lowest BCUT2D eigenvalue weighted by Crippen LogP contribution is -2.37. The van der Waals surface area contributed by atoms with E-state index in [1.54, 1.807) is 0 Å². The summed E-state index contributed by atoms with van der Waals surface area (Å²) in [6.07, 6.45) is -3.42. The number of hydrogen-bond acceptors (Lipinski definition) is 1. The SMILES string of the molecule is FC(F)(F)CN1CCc2cc(Br)ccc2C1. The summed E-state index contributed by atoms with van der Waals surface area (Å²) in [6.45, 7) is 0.0492. The fraction of sp³-hybridized carbons (Fsp3) is 0.455. The molecule has 0 aromatic heterocycles. The van der Waals surface area contributed by atoms with Crippen molar-refractivity contribution in [3.8, 4) is 0 Å². The first-order chi connectivity index (χ1) is 7.44. The van der Waals surface area contributed by atoms with Gasteiger partial charge in [-0.25, -0.2) is 0 Å². The minimum atomic E-state index is -4.10. The molecule has 1 aliphatic rings. The predicted octanol–water partition coefficient (Wildman–Crippen LogP) is 3.37. The summed E-state index contributed by atoms with van der Waals surface area (Å²) in [6, 6.07) is 5.75. The van der Waals surface area contributed by atoms with Crippen LogP contribution in [-0.4, -0.2) is 24.2 Å². The quantitative estimate of drug-likeness (QED) is 0.767. The predicted molar refractivity (Wildman–Crippen MR) is 59.2 cm³/mol. The maximum absolute atomic E-state index is 12.2. The molecule has 0 bridgehead atoms. The highest BCUT2D eigenvalue weighted by atomic mass is 79.9. The molecule has 16 heavy (non-hydrogen) atoms. The Hall–Kier alpha value is -0.550. The van der Waals surface area contributed by atoms with Gasteiger partial charge in [0.15, 0.2) is 0 Å². The second-order valence-corrected chi connectivity index (χ2v) is 4.90. The van der Waals surface area contributed by atoms with E-state index in [9.17, 15) is 13.2 Å². The topological polar surface area (TPSA) is 3.24 Å². The Bertz CT molecular complexity index is 389. The molecule has 0 saturated heterocycles. The number of benzene rings is 1. The molecule has 0 saturated carbocycles. The van der Waals surface area contributed by atoms with Gasteiger partial charge in [0.05, 0.1) is 6.54 Å². The van der Waals surface area contributed by atoms with Gasteiger partial charge in [-0.3, -0.25) is 4.90 Å². The molecule has 0 spiro atoms. The van der Waals surface area contributed by atoms with Crippen LogP contribution in [0.25, 0.3) is 0 Å². The zero-order valence-electron chi connectivity index (χ0n) is 8.52. The van der Waals surface area contributed by atoms with Crippen LogP contribution in [-0.2, 0) is 13.0 Å². The fourth-order valence-electron chi connectivity index (χ4n) is 1.97. The van der Waals surface area contributed by atoms with E-state index in [4.69, 9.17) is 0 Å². The van der Waals surface area contributed by atoms with Gasteiger partial charge in [0.25, 0.3) is 0 Å². The van der Waals surface area contributed by atoms with Crippen LogP contribution < -0.4 is 0 Å². The summed E-state index contributed by atoms with van der Waals surface area (Å²) in [5.74, 6) is 0. The van der Waals surface area contributed by atoms with E-state index < -0.39 is 12.7 Å². The fourth-order valence-corrected chi connectivity index (χ4v) is 2.38. The van der Waals surface area contributed by atoms with Crippen LogP contribution >= 0.6 is 15.9 Å². The lowest BCUT2D eigenvalue weighted by atomic mass is 10.00. The number of halogens is 4. The van der Waals surface area contributed by atoms with Crippen LogP contribution in [0.1, 0.15) is 11.1 Å². The number of hydrogen-bond donors (Lipinski definition) is 0. The Morgan fingerprint density at radius 3 is 2.69 bits per heavy atom. The Kier molecular flexibility index (Phi) is 3.26. The molecule has 0 radical (unpaired) electrons. The van der Waals surface area contributed by atoms with Crippen molar-refractivity contribution in [2.75, 3.05) is 13.1 Å². The number of alkyl halides is 3. The van der Waals surface area contributed by atoms with E-state index >= 15 is 0 Å². The van der Waals surface area contributed by atoms with Gasteiger partial charge in [-0.1, -0.05) is 22.0 Å². The van der Waals surface area contributed by atoms with Gasteiger partial charge in [-0.05, 0) is 29.7 Å². The van der Waals surface area contributed by atoms with Crippen molar-refractivity contribution in [2.24, 2.45) is 0 Å². The molecule has 1 aromatic rings. The lowest BCUT2D eigenvalue weighted by molar-refractivity contribution is -0.147. The van der Waals surface area contributed by atoms with E-state index in [1.165, 1.54) is 4.90 Å². The minimum absolute atomic E-state index is 0.391. The molecule has 1 heterocycles. The number of fused-ring (bicyclic) bond motifs is 1. The molecule has 0 amide bonds. The molecule has 1 aromatic carbocycles. The van der Waals surface area contributed by atoms with Gasteiger partial charge in [0, 0.05) is 17.6 Å². The monoisotopic (exact) mass is 293 g/mol. The smallest absolute Gasteiger partial charge is 0.290 e. The third-order valence-corrected chi connectivity index (χ3v) is 3.16. The van der Waals surface area contributed by atoms with E-state index in [0.29, 0.717) is 19.5 Å². The van der Waals surface area contributed by atoms with Crippen LogP contribution in [0.15, 0.2) is 22.7 Å². The van der Waals surface area contributed by atoms with E-state index in [0.717, 1.165) is 15.6 Å². The maximum atomic E-state index is 12.2. The zero-order valence-corrected chi connectivity index (χ0v) is 10.1. The van der Waals surface area contributed by atoms with Gasteiger partial charge < -0.3 is 0 Å². The second kappa shape index (κ2) is 4.37. The highest BCUT2D eigenvalue weighted by Gasteiger charge is 2.31. The highest BCUT2D eigenvalue weighted by Crippen LogP contribution is 2.25. The van der Waals surface area contributed by atoms with Crippen molar-refractivity contribution < 1.29 is 13.2 Å². The van der Waals surface area contributed by atoms with Crippen molar-refractivity contribution >= 4 is 15.9 Å². The lowest BCUT2D eigenvalue weighted by Gasteiger charge is -2.29. The van der Waals surface area contributed by atoms with Crippen molar-refractivity contribution in [2.45, 2.75) is 19.1 Å². The largest absolute Gasteiger partial charge is 0.401 e. The van der Waals surface area contributed by atoms with E-state index in [2.05, 4.69) is 15.9 Å². The van der Waals surface area contributed by atoms with Crippen molar-refractivity contribution in [3.05, 3.63) is 33.8 Å². The molecule has 0 atom stereocenters. The molecular weight excluding hydrogens is 283 g/mol. The first-order valence-electron chi connectivity index (χ1n) is 5.00. The molecule has 1 aliphatic heterocycles. The summed E-state index contributed by atoms with van der Waals surface area (Å²) in [5.41, 5.74) is 2.14. The third-order valence-electron chi connectivity index (χ3n) is 2.66. The highest BCUT2D eigenvalue weighted by molar-refractivity contribution is 9.10. The summed E-state index contributed by atoms with van der Waals surface area (Å²) < 4.78 is 37.7. The molecule has 0 N–H and O–H groups in total. The van der Waals surface area contributed by atoms with Gasteiger partial charge in [-0.15, -0.1) is 0 Å². The molecular formula is C11H11BrF3N. The van der Waals surface area contributed by atoms with Crippen LogP contribution in [0.4, 0.5) is 13.2 Å². The maximum Gasteiger partial charge on any atom is 0.401 e. The molecule has 2 rings (SSSR count). The van der Waals surface area contributed by atoms with Crippen LogP contribution in [0.2, 0.25) is 0 Å². The number of nitrogens with zero attached hydrogens (tertiary/aromatic N) is 1. The molecule has 1 nitrogen and oxygen atoms in total. The van der Waals surface area contributed by atoms with Crippen LogP contribution in [0, 0.1) is 0 Å². The van der Waals surface area contributed by atoms with Crippen molar-refractivity contribution in [1.82, 2.24) is 4.90 Å². The molecule has 5 heteroatoms. The summed E-state index contributed by atoms with van der Waals surface area (Å²) in [4.78, 5) is 1.44. The van der Waals surface area contributed by atoms with Gasteiger partial charge in [0.2, 0.25) is 0 Å². The van der Waals surface area contributed by atoms with Crippen LogP contribution in [0.5, 0.6) is 0 Å². The van der Waals surface area contributed by atoms with Crippen molar-refractivity contribution in [1.29, 1.82) is 0 Å². The molecule has 0 aliphatic carbocycles. The minimum Gasteiger partial charge on any atom is -0.290 e. The number of rotatable bonds is 1. The average molecular weight is 294 g/mol. The Labute approximate surface area is 100 Å². The van der Waals surface area contributed by atoms with E-state index in [-0.39, 0.29) is 0 Å². The first kappa shape index (κ1) is 11.9. The first-order valence-corrected chi connectivity index (χ1v) is 5.80. The van der Waals surface area contributed by atoms with Gasteiger partial charge in [0.1, 0.15) is 0 Å². The normalized spacial score (nSPS) is 17.2. The standard InChI is InChI=1S/C11H11BrF3N/c12-10-2-1-9-6-16(7-11(13,14)15)4-3-8(9)5-10/h1-2,5H,3-4,6-7H2. The van der Waals surface area contributed by atoms with Gasteiger partial charge >= 0.3 is 6.18 Å². The average Bonchev–Trinajstić information content (AvgIpc) is 2.16. The summed E-state index contributed by atoms with van der Waals surface area (Å²) in [7, 11) is 0. The summed E-state index contributed by atoms with van der Waals surface area (Å²) >= 11 is 3.36. The summed E-state index contributed by atoms with van der Waals surface area (Å²) in [5, 5.41) is 0. The Balaban J connectivity index is 2.09. The zero-order chi connectivity index (χ0) is 11.8. The van der Waals surface area contributed by atoms with E-state index in [1.807, 2.05) is 18.2 Å². The molecule has 0 unspecified atom stereocenters. The molecule has 88 valence electrons.